The number of carbonyl (C=O) groups excluding carboxylic acids is 1. The lowest BCUT2D eigenvalue weighted by molar-refractivity contribution is -0.108. The van der Waals surface area contributed by atoms with Gasteiger partial charge in [0, 0.05) is 37.5 Å². The number of nitrogens with zero attached hydrogens (tertiary/aromatic N) is 3. The van der Waals surface area contributed by atoms with Gasteiger partial charge in [-0.3, -0.25) is 20.5 Å². The molecule has 0 radical (unpaired) electrons. The predicted octanol–water partition coefficient (Wildman–Crippen LogP) is 2.74. The first kappa shape index (κ1) is 20.1. The lowest BCUT2D eigenvalue weighted by Gasteiger charge is -2.39. The number of thiazole rings is 1. The molecule has 0 unspecified atom stereocenters. The summed E-state index contributed by atoms with van der Waals surface area (Å²) in [5, 5.41) is 0.748. The maximum atomic E-state index is 12.1. The Morgan fingerprint density at radius 1 is 1.27 bits per heavy atom. The van der Waals surface area contributed by atoms with Crippen LogP contribution in [0.5, 0.6) is 5.88 Å². The average Bonchev–Trinajstić information content (AvgIpc) is 3.43. The van der Waals surface area contributed by atoms with Gasteiger partial charge in [0.15, 0.2) is 5.13 Å². The second-order valence-electron chi connectivity index (χ2n) is 8.61. The van der Waals surface area contributed by atoms with Crippen LogP contribution in [0.1, 0.15) is 56.4 Å². The van der Waals surface area contributed by atoms with E-state index in [9.17, 15) is 4.79 Å². The molecule has 1 amide bonds. The summed E-state index contributed by atoms with van der Waals surface area (Å²) in [6, 6.07) is 0.182. The largest absolute Gasteiger partial charge is 0.479 e. The number of amides is 1. The molecular formula is C21H29N5O3S. The minimum atomic E-state index is 0.182. The normalized spacial score (nSPS) is 27.6. The molecule has 1 saturated carbocycles. The van der Waals surface area contributed by atoms with Crippen molar-refractivity contribution in [2.24, 2.45) is 0 Å². The number of ether oxygens (including phenoxy) is 2. The summed E-state index contributed by atoms with van der Waals surface area (Å²) in [5.74, 6) is 0.936. The Morgan fingerprint density at radius 2 is 2.07 bits per heavy atom. The standard InChI is InChI=1S/C21H29N5O3S/c1-28-19-17-18(16(12-22-19)14-4-10-29-11-5-14)30-20(24-17)26(13-27)15-2-6-21(7-3-15)8-9-23-25-21/h12-15,23,25H,2-11H2,1H3. The van der Waals surface area contributed by atoms with E-state index in [1.165, 1.54) is 5.56 Å². The van der Waals surface area contributed by atoms with Crippen LogP contribution >= 0.6 is 11.3 Å². The van der Waals surface area contributed by atoms with Gasteiger partial charge in [-0.05, 0) is 56.4 Å². The summed E-state index contributed by atoms with van der Waals surface area (Å²) < 4.78 is 12.1. The van der Waals surface area contributed by atoms with Crippen molar-refractivity contribution >= 4 is 33.1 Å². The number of anilines is 1. The average molecular weight is 432 g/mol. The fourth-order valence-electron chi connectivity index (χ4n) is 5.17. The lowest BCUT2D eigenvalue weighted by Crippen LogP contribution is -2.50. The third-order valence-electron chi connectivity index (χ3n) is 6.98. The van der Waals surface area contributed by atoms with Crippen LogP contribution in [-0.2, 0) is 9.53 Å². The molecule has 1 aliphatic carbocycles. The summed E-state index contributed by atoms with van der Waals surface area (Å²) in [7, 11) is 1.62. The summed E-state index contributed by atoms with van der Waals surface area (Å²) in [6.07, 6.45) is 10.1. The first-order valence-corrected chi connectivity index (χ1v) is 11.7. The number of methoxy groups -OCH3 is 1. The van der Waals surface area contributed by atoms with E-state index < -0.39 is 0 Å². The zero-order chi connectivity index (χ0) is 20.6. The van der Waals surface area contributed by atoms with E-state index in [2.05, 4.69) is 15.8 Å². The van der Waals surface area contributed by atoms with Crippen molar-refractivity contribution in [1.82, 2.24) is 20.8 Å². The molecule has 0 aromatic carbocycles. The zero-order valence-corrected chi connectivity index (χ0v) is 18.2. The zero-order valence-electron chi connectivity index (χ0n) is 17.4. The van der Waals surface area contributed by atoms with Crippen molar-refractivity contribution in [2.75, 3.05) is 31.8 Å². The molecule has 9 heteroatoms. The number of hydrogen-bond donors (Lipinski definition) is 2. The van der Waals surface area contributed by atoms with Crippen molar-refractivity contribution in [3.8, 4) is 5.88 Å². The SMILES string of the molecule is COc1ncc(C2CCOCC2)c2sc(N(C=O)C3CCC4(CCNN4)CC3)nc12. The predicted molar refractivity (Wildman–Crippen MR) is 116 cm³/mol. The van der Waals surface area contributed by atoms with Gasteiger partial charge in [0.25, 0.3) is 0 Å². The molecule has 0 atom stereocenters. The Labute approximate surface area is 180 Å². The quantitative estimate of drug-likeness (QED) is 0.704. The minimum absolute atomic E-state index is 0.182. The van der Waals surface area contributed by atoms with Gasteiger partial charge in [0.2, 0.25) is 12.3 Å². The van der Waals surface area contributed by atoms with Crippen molar-refractivity contribution in [3.63, 3.8) is 0 Å². The molecule has 5 rings (SSSR count). The number of hydrogen-bond acceptors (Lipinski definition) is 8. The molecular weight excluding hydrogens is 402 g/mol. The highest BCUT2D eigenvalue weighted by molar-refractivity contribution is 7.22. The molecule has 3 aliphatic rings. The molecule has 2 aromatic rings. The van der Waals surface area contributed by atoms with Crippen LogP contribution in [0.4, 0.5) is 5.13 Å². The van der Waals surface area contributed by atoms with Gasteiger partial charge >= 0.3 is 0 Å². The van der Waals surface area contributed by atoms with Crippen molar-refractivity contribution in [3.05, 3.63) is 11.8 Å². The van der Waals surface area contributed by atoms with Gasteiger partial charge in [0.05, 0.1) is 11.8 Å². The molecule has 2 N–H and O–H groups in total. The third kappa shape index (κ3) is 3.57. The second-order valence-corrected chi connectivity index (χ2v) is 9.59. The highest BCUT2D eigenvalue weighted by Crippen LogP contribution is 2.42. The minimum Gasteiger partial charge on any atom is -0.479 e. The Balaban J connectivity index is 1.44. The highest BCUT2D eigenvalue weighted by Gasteiger charge is 2.39. The molecule has 8 nitrogen and oxygen atoms in total. The first-order valence-electron chi connectivity index (χ1n) is 10.9. The second kappa shape index (κ2) is 8.37. The van der Waals surface area contributed by atoms with Crippen LogP contribution in [-0.4, -0.2) is 54.8 Å². The van der Waals surface area contributed by atoms with E-state index >= 15 is 0 Å². The molecule has 162 valence electrons. The van der Waals surface area contributed by atoms with E-state index in [-0.39, 0.29) is 11.6 Å². The van der Waals surface area contributed by atoms with Crippen LogP contribution in [0.25, 0.3) is 10.2 Å². The van der Waals surface area contributed by atoms with E-state index in [1.54, 1.807) is 18.4 Å². The summed E-state index contributed by atoms with van der Waals surface area (Å²) >= 11 is 1.59. The Bertz CT molecular complexity index is 897. The smallest absolute Gasteiger partial charge is 0.241 e. The monoisotopic (exact) mass is 431 g/mol. The number of fused-ring (bicyclic) bond motifs is 1. The molecule has 2 aliphatic heterocycles. The lowest BCUT2D eigenvalue weighted by atomic mass is 9.78. The Kier molecular flexibility index (Phi) is 5.61. The number of aromatic nitrogens is 2. The number of carbonyl (C=O) groups is 1. The van der Waals surface area contributed by atoms with E-state index in [0.29, 0.717) is 11.8 Å². The van der Waals surface area contributed by atoms with Crippen LogP contribution in [0.3, 0.4) is 0 Å². The van der Waals surface area contributed by atoms with E-state index in [0.717, 1.165) is 86.5 Å². The summed E-state index contributed by atoms with van der Waals surface area (Å²) in [5.41, 5.74) is 8.90. The Hall–Kier alpha value is -1.81. The van der Waals surface area contributed by atoms with Gasteiger partial charge in [0.1, 0.15) is 5.52 Å². The van der Waals surface area contributed by atoms with Crippen molar-refractivity contribution < 1.29 is 14.3 Å². The molecule has 0 bridgehead atoms. The van der Waals surface area contributed by atoms with Crippen molar-refractivity contribution in [2.45, 2.75) is 62.4 Å². The number of rotatable bonds is 5. The fourth-order valence-corrected chi connectivity index (χ4v) is 6.35. The molecule has 30 heavy (non-hydrogen) atoms. The van der Waals surface area contributed by atoms with Crippen LogP contribution < -0.4 is 20.5 Å². The summed E-state index contributed by atoms with van der Waals surface area (Å²) in [4.78, 5) is 23.3. The molecule has 2 saturated heterocycles. The maximum Gasteiger partial charge on any atom is 0.241 e. The maximum absolute atomic E-state index is 12.1. The molecule has 1 spiro atoms. The van der Waals surface area contributed by atoms with Gasteiger partial charge in [-0.15, -0.1) is 0 Å². The topological polar surface area (TPSA) is 88.6 Å². The first-order chi connectivity index (χ1) is 14.7. The van der Waals surface area contributed by atoms with Gasteiger partial charge in [-0.1, -0.05) is 11.3 Å². The van der Waals surface area contributed by atoms with Gasteiger partial charge in [-0.25, -0.2) is 9.97 Å². The fraction of sp³-hybridized carbons (Fsp3) is 0.667. The molecule has 2 aromatic heterocycles. The van der Waals surface area contributed by atoms with Crippen LogP contribution in [0.2, 0.25) is 0 Å². The summed E-state index contributed by atoms with van der Waals surface area (Å²) in [6.45, 7) is 2.57. The van der Waals surface area contributed by atoms with E-state index in [4.69, 9.17) is 14.5 Å². The van der Waals surface area contributed by atoms with Gasteiger partial charge in [-0.2, -0.15) is 0 Å². The Morgan fingerprint density at radius 3 is 2.73 bits per heavy atom. The van der Waals surface area contributed by atoms with Crippen LogP contribution in [0, 0.1) is 0 Å². The molecule has 3 fully saturated rings. The number of hydrazine groups is 1. The third-order valence-corrected chi connectivity index (χ3v) is 8.10. The van der Waals surface area contributed by atoms with Crippen molar-refractivity contribution in [1.29, 1.82) is 0 Å². The number of pyridine rings is 1. The number of nitrogens with one attached hydrogen (secondary N) is 2. The molecule has 4 heterocycles. The highest BCUT2D eigenvalue weighted by atomic mass is 32.1. The van der Waals surface area contributed by atoms with E-state index in [1.807, 2.05) is 11.1 Å². The van der Waals surface area contributed by atoms with Gasteiger partial charge < -0.3 is 9.47 Å². The van der Waals surface area contributed by atoms with Crippen LogP contribution in [0.15, 0.2) is 6.20 Å².